The van der Waals surface area contributed by atoms with Gasteiger partial charge in [0, 0.05) is 25.3 Å². The number of rotatable bonds is 9. The van der Waals surface area contributed by atoms with Crippen LogP contribution in [0.5, 0.6) is 0 Å². The van der Waals surface area contributed by atoms with Gasteiger partial charge in [-0.1, -0.05) is 49.7 Å². The van der Waals surface area contributed by atoms with E-state index in [1.165, 1.54) is 17.8 Å². The third-order valence-corrected chi connectivity index (χ3v) is 5.44. The van der Waals surface area contributed by atoms with Crippen molar-refractivity contribution >= 4 is 29.2 Å². The van der Waals surface area contributed by atoms with Crippen molar-refractivity contribution in [2.24, 2.45) is 5.92 Å². The Morgan fingerprint density at radius 2 is 1.87 bits per heavy atom. The van der Waals surface area contributed by atoms with Crippen molar-refractivity contribution in [3.05, 3.63) is 58.2 Å². The number of pyridine rings is 1. The number of hydrogen-bond acceptors (Lipinski definition) is 4. The molecular formula is C24H33ClN4O2. The predicted molar refractivity (Wildman–Crippen MR) is 126 cm³/mol. The molecule has 1 unspecified atom stereocenters. The van der Waals surface area contributed by atoms with E-state index in [9.17, 15) is 9.59 Å². The summed E-state index contributed by atoms with van der Waals surface area (Å²) in [5, 5.41) is 3.06. The Kier molecular flexibility index (Phi) is 8.87. The fourth-order valence-corrected chi connectivity index (χ4v) is 3.61. The zero-order valence-corrected chi connectivity index (χ0v) is 19.7. The summed E-state index contributed by atoms with van der Waals surface area (Å²) >= 11 is 5.94. The Morgan fingerprint density at radius 3 is 2.48 bits per heavy atom. The lowest BCUT2D eigenvalue weighted by Gasteiger charge is -2.30. The second-order valence-corrected chi connectivity index (χ2v) is 8.94. The fourth-order valence-electron chi connectivity index (χ4n) is 3.44. The van der Waals surface area contributed by atoms with E-state index in [0.29, 0.717) is 24.6 Å². The third kappa shape index (κ3) is 6.96. The van der Waals surface area contributed by atoms with Crippen LogP contribution < -0.4 is 11.1 Å². The number of halogens is 1. The standard InChI is InChI=1S/C24H33ClN4O2/c1-15(2)11-18-7-6-8-19(12-18)17(5)24(31)29(16(3)4)10-9-27-23(30)20-13-21(25)22(26)28-14-20/h6-8,12-17H,9-11H2,1-5H3,(H2,26,28)(H,27,30). The number of nitrogen functional groups attached to an aromatic ring is 1. The van der Waals surface area contributed by atoms with E-state index in [4.69, 9.17) is 17.3 Å². The number of amides is 2. The first-order chi connectivity index (χ1) is 14.6. The van der Waals surface area contributed by atoms with Gasteiger partial charge in [0.25, 0.3) is 5.91 Å². The highest BCUT2D eigenvalue weighted by Gasteiger charge is 2.24. The smallest absolute Gasteiger partial charge is 0.252 e. The van der Waals surface area contributed by atoms with Crippen LogP contribution in [0.25, 0.3) is 0 Å². The highest BCUT2D eigenvalue weighted by Crippen LogP contribution is 2.22. The normalized spacial score (nSPS) is 12.1. The summed E-state index contributed by atoms with van der Waals surface area (Å²) < 4.78 is 0. The van der Waals surface area contributed by atoms with Gasteiger partial charge in [-0.25, -0.2) is 4.98 Å². The Morgan fingerprint density at radius 1 is 1.16 bits per heavy atom. The largest absolute Gasteiger partial charge is 0.382 e. The van der Waals surface area contributed by atoms with E-state index in [2.05, 4.69) is 36.3 Å². The SMILES string of the molecule is CC(C)Cc1cccc(C(C)C(=O)N(CCNC(=O)c2cnc(N)c(Cl)c2)C(C)C)c1. The van der Waals surface area contributed by atoms with Crippen molar-refractivity contribution in [1.29, 1.82) is 0 Å². The van der Waals surface area contributed by atoms with Gasteiger partial charge in [0.15, 0.2) is 0 Å². The molecule has 0 fully saturated rings. The van der Waals surface area contributed by atoms with Gasteiger partial charge < -0.3 is 16.0 Å². The van der Waals surface area contributed by atoms with Crippen LogP contribution in [0.2, 0.25) is 5.02 Å². The Bertz CT molecular complexity index is 914. The summed E-state index contributed by atoms with van der Waals surface area (Å²) in [5.41, 5.74) is 8.17. The molecule has 2 rings (SSSR count). The van der Waals surface area contributed by atoms with Crippen LogP contribution in [-0.4, -0.2) is 40.8 Å². The van der Waals surface area contributed by atoms with Crippen molar-refractivity contribution in [2.45, 2.75) is 53.0 Å². The topological polar surface area (TPSA) is 88.3 Å². The first-order valence-corrected chi connectivity index (χ1v) is 11.1. The van der Waals surface area contributed by atoms with Crippen LogP contribution in [0.15, 0.2) is 36.5 Å². The number of carbonyl (C=O) groups excluding carboxylic acids is 2. The maximum atomic E-state index is 13.2. The van der Waals surface area contributed by atoms with E-state index in [1.807, 2.05) is 32.9 Å². The summed E-state index contributed by atoms with van der Waals surface area (Å²) in [4.78, 5) is 31.3. The Labute approximate surface area is 190 Å². The van der Waals surface area contributed by atoms with Crippen LogP contribution in [-0.2, 0) is 11.2 Å². The minimum atomic E-state index is -0.306. The van der Waals surface area contributed by atoms with Gasteiger partial charge in [0.05, 0.1) is 16.5 Å². The van der Waals surface area contributed by atoms with Gasteiger partial charge >= 0.3 is 0 Å². The van der Waals surface area contributed by atoms with Crippen molar-refractivity contribution in [2.75, 3.05) is 18.8 Å². The zero-order valence-electron chi connectivity index (χ0n) is 19.0. The van der Waals surface area contributed by atoms with E-state index in [1.54, 1.807) is 4.90 Å². The van der Waals surface area contributed by atoms with Crippen molar-refractivity contribution in [1.82, 2.24) is 15.2 Å². The van der Waals surface area contributed by atoms with Crippen LogP contribution in [0.3, 0.4) is 0 Å². The second kappa shape index (κ2) is 11.1. The molecule has 0 saturated carbocycles. The van der Waals surface area contributed by atoms with Crippen LogP contribution >= 0.6 is 11.6 Å². The molecule has 1 heterocycles. The lowest BCUT2D eigenvalue weighted by Crippen LogP contribution is -2.44. The summed E-state index contributed by atoms with van der Waals surface area (Å²) in [6.45, 7) is 11.0. The number of aromatic nitrogens is 1. The third-order valence-electron chi connectivity index (χ3n) is 5.14. The average molecular weight is 445 g/mol. The molecule has 2 amide bonds. The predicted octanol–water partition coefficient (Wildman–Crippen LogP) is 4.29. The molecule has 2 aromatic rings. The number of anilines is 1. The van der Waals surface area contributed by atoms with Gasteiger partial charge in [-0.15, -0.1) is 0 Å². The molecule has 0 aliphatic rings. The quantitative estimate of drug-likeness (QED) is 0.603. The monoisotopic (exact) mass is 444 g/mol. The molecule has 1 aromatic carbocycles. The molecule has 0 radical (unpaired) electrons. The summed E-state index contributed by atoms with van der Waals surface area (Å²) in [7, 11) is 0. The zero-order chi connectivity index (χ0) is 23.1. The summed E-state index contributed by atoms with van der Waals surface area (Å²) in [6.07, 6.45) is 2.37. The minimum absolute atomic E-state index is 0.0123. The second-order valence-electron chi connectivity index (χ2n) is 8.54. The van der Waals surface area contributed by atoms with E-state index in [-0.39, 0.29) is 34.6 Å². The number of nitrogens with two attached hydrogens (primary N) is 1. The minimum Gasteiger partial charge on any atom is -0.382 e. The summed E-state index contributed by atoms with van der Waals surface area (Å²) in [5.74, 6) is 0.220. The van der Waals surface area contributed by atoms with Crippen LogP contribution in [0.4, 0.5) is 5.82 Å². The van der Waals surface area contributed by atoms with Gasteiger partial charge in [-0.05, 0) is 50.3 Å². The number of benzene rings is 1. The first kappa shape index (κ1) is 24.7. The van der Waals surface area contributed by atoms with Crippen molar-refractivity contribution in [3.8, 4) is 0 Å². The number of hydrogen-bond donors (Lipinski definition) is 2. The molecule has 6 nitrogen and oxygen atoms in total. The van der Waals surface area contributed by atoms with Gasteiger partial charge in [-0.3, -0.25) is 9.59 Å². The first-order valence-electron chi connectivity index (χ1n) is 10.7. The average Bonchev–Trinajstić information content (AvgIpc) is 2.71. The number of nitrogens with zero attached hydrogens (tertiary/aromatic N) is 2. The van der Waals surface area contributed by atoms with Crippen LogP contribution in [0, 0.1) is 5.92 Å². The lowest BCUT2D eigenvalue weighted by atomic mass is 9.94. The Hall–Kier alpha value is -2.60. The van der Waals surface area contributed by atoms with Crippen molar-refractivity contribution in [3.63, 3.8) is 0 Å². The molecule has 31 heavy (non-hydrogen) atoms. The molecule has 0 saturated heterocycles. The number of carbonyl (C=O) groups is 2. The summed E-state index contributed by atoms with van der Waals surface area (Å²) in [6, 6.07) is 9.75. The van der Waals surface area contributed by atoms with E-state index >= 15 is 0 Å². The van der Waals surface area contributed by atoms with E-state index in [0.717, 1.165) is 12.0 Å². The van der Waals surface area contributed by atoms with Crippen LogP contribution in [0.1, 0.15) is 62.0 Å². The highest BCUT2D eigenvalue weighted by molar-refractivity contribution is 6.33. The molecule has 1 aromatic heterocycles. The molecule has 168 valence electrons. The van der Waals surface area contributed by atoms with Gasteiger partial charge in [-0.2, -0.15) is 0 Å². The highest BCUT2D eigenvalue weighted by atomic mass is 35.5. The van der Waals surface area contributed by atoms with E-state index < -0.39 is 0 Å². The van der Waals surface area contributed by atoms with Gasteiger partial charge in [0.1, 0.15) is 5.82 Å². The molecule has 1 atom stereocenters. The fraction of sp³-hybridized carbons (Fsp3) is 0.458. The number of nitrogens with one attached hydrogen (secondary N) is 1. The maximum Gasteiger partial charge on any atom is 0.252 e. The van der Waals surface area contributed by atoms with Gasteiger partial charge in [0.2, 0.25) is 5.91 Å². The lowest BCUT2D eigenvalue weighted by molar-refractivity contribution is -0.134. The molecule has 7 heteroatoms. The molecule has 3 N–H and O–H groups in total. The molecule has 0 bridgehead atoms. The molecule has 0 aliphatic carbocycles. The molecule has 0 aliphatic heterocycles. The Balaban J connectivity index is 2.01. The van der Waals surface area contributed by atoms with Crippen molar-refractivity contribution < 1.29 is 9.59 Å². The maximum absolute atomic E-state index is 13.2. The molecule has 0 spiro atoms. The molecular weight excluding hydrogens is 412 g/mol.